The Kier molecular flexibility index (Phi) is 12.0. The van der Waals surface area contributed by atoms with Crippen LogP contribution >= 0.6 is 11.6 Å². The summed E-state index contributed by atoms with van der Waals surface area (Å²) in [5.41, 5.74) is 1.80. The number of carbonyl (C=O) groups excluding carboxylic acids is 1. The van der Waals surface area contributed by atoms with Gasteiger partial charge in [-0.1, -0.05) is 76.6 Å². The van der Waals surface area contributed by atoms with Gasteiger partial charge in [0.2, 0.25) is 21.7 Å². The Morgan fingerprint density at radius 1 is 0.836 bits per heavy atom. The molecule has 0 aliphatic heterocycles. The number of carboxylic acid groups (broad SMARTS) is 1. The summed E-state index contributed by atoms with van der Waals surface area (Å²) in [6, 6.07) is 12.8. The first-order chi connectivity index (χ1) is 25.6. The van der Waals surface area contributed by atoms with Gasteiger partial charge in [-0.25, -0.2) is 35.2 Å². The molecular weight excluding hydrogens is 767 g/mol. The normalized spacial score (nSPS) is 14.1. The molecule has 0 saturated heterocycles. The molecule has 1 saturated carbocycles. The summed E-state index contributed by atoms with van der Waals surface area (Å²) in [7, 11) is -5.74. The lowest BCUT2D eigenvalue weighted by atomic mass is 9.84. The molecule has 0 heterocycles. The van der Waals surface area contributed by atoms with Gasteiger partial charge in [0, 0.05) is 23.3 Å². The van der Waals surface area contributed by atoms with Crippen LogP contribution in [0.25, 0.3) is 0 Å². The molecule has 4 aromatic carbocycles. The van der Waals surface area contributed by atoms with E-state index in [0.29, 0.717) is 9.87 Å². The van der Waals surface area contributed by atoms with Gasteiger partial charge >= 0.3 is 5.97 Å². The minimum Gasteiger partial charge on any atom is -0.507 e. The van der Waals surface area contributed by atoms with Crippen molar-refractivity contribution in [2.75, 3.05) is 4.90 Å². The van der Waals surface area contributed by atoms with Crippen molar-refractivity contribution in [1.29, 1.82) is 0 Å². The number of carboxylic acids is 1. The summed E-state index contributed by atoms with van der Waals surface area (Å²) >= 11 is 6.04. The standard InChI is InChI=1S/C40H40ClF5N2O6S/c1-21(2)14-30(48(20-22-6-10-27(41)11-7-22)55(53,54)37-35(45)33(43)32(42)34(44)36(37)46)38(50)47(28-12-13-29(39(51)52)31(49)18-28)19-23-15-25(24-8-9-24)17-26(16-23)40(3,4)5/h6-7,10-13,15-18,21,24,30,49H,8-9,14,19-20H2,1-5H3,(H,51,52)/t30-/m1/s1. The fourth-order valence-corrected chi connectivity index (χ4v) is 8.09. The Morgan fingerprint density at radius 2 is 1.42 bits per heavy atom. The van der Waals surface area contributed by atoms with E-state index in [1.54, 1.807) is 13.8 Å². The van der Waals surface area contributed by atoms with Crippen molar-refractivity contribution in [3.05, 3.63) is 123 Å². The number of benzene rings is 4. The zero-order valence-corrected chi connectivity index (χ0v) is 32.2. The van der Waals surface area contributed by atoms with Crippen molar-refractivity contribution in [2.24, 2.45) is 5.92 Å². The number of amides is 1. The Hall–Kier alpha value is -4.53. The molecule has 8 nitrogen and oxygen atoms in total. The lowest BCUT2D eigenvalue weighted by molar-refractivity contribution is -0.123. The molecule has 5 rings (SSSR count). The zero-order chi connectivity index (χ0) is 40.7. The van der Waals surface area contributed by atoms with Crippen LogP contribution in [-0.2, 0) is 33.3 Å². The Labute approximate surface area is 321 Å². The van der Waals surface area contributed by atoms with E-state index in [1.165, 1.54) is 30.3 Å². The van der Waals surface area contributed by atoms with Gasteiger partial charge in [-0.3, -0.25) is 4.79 Å². The van der Waals surface area contributed by atoms with E-state index in [0.717, 1.165) is 41.0 Å². The largest absolute Gasteiger partial charge is 0.507 e. The lowest BCUT2D eigenvalue weighted by Gasteiger charge is -2.35. The monoisotopic (exact) mass is 806 g/mol. The maximum Gasteiger partial charge on any atom is 0.339 e. The van der Waals surface area contributed by atoms with Gasteiger partial charge in [-0.15, -0.1) is 0 Å². The van der Waals surface area contributed by atoms with E-state index in [1.807, 2.05) is 32.9 Å². The summed E-state index contributed by atoms with van der Waals surface area (Å²) in [4.78, 5) is 25.9. The topological polar surface area (TPSA) is 115 Å². The fraction of sp³-hybridized carbons (Fsp3) is 0.350. The van der Waals surface area contributed by atoms with Crippen molar-refractivity contribution >= 4 is 39.2 Å². The number of rotatable bonds is 13. The Bertz CT molecular complexity index is 2210. The molecule has 0 unspecified atom stereocenters. The van der Waals surface area contributed by atoms with E-state index < -0.39 is 85.7 Å². The number of nitrogens with zero attached hydrogens (tertiary/aromatic N) is 2. The third-order valence-corrected chi connectivity index (χ3v) is 11.5. The zero-order valence-electron chi connectivity index (χ0n) is 30.6. The van der Waals surface area contributed by atoms with E-state index in [-0.39, 0.29) is 40.6 Å². The number of carbonyl (C=O) groups is 2. The number of phenols is 1. The second kappa shape index (κ2) is 15.9. The van der Waals surface area contributed by atoms with Gasteiger partial charge in [0.05, 0.1) is 6.54 Å². The third kappa shape index (κ3) is 8.97. The summed E-state index contributed by atoms with van der Waals surface area (Å²) in [6.07, 6.45) is 1.59. The highest BCUT2D eigenvalue weighted by Crippen LogP contribution is 2.42. The maximum atomic E-state index is 15.4. The molecular formula is C40H40ClF5N2O6S. The highest BCUT2D eigenvalue weighted by molar-refractivity contribution is 7.89. The molecule has 1 aliphatic carbocycles. The van der Waals surface area contributed by atoms with E-state index in [2.05, 4.69) is 6.07 Å². The maximum absolute atomic E-state index is 15.4. The minimum absolute atomic E-state index is 0.0598. The summed E-state index contributed by atoms with van der Waals surface area (Å²) in [5.74, 6) is -16.1. The molecule has 0 aromatic heterocycles. The quantitative estimate of drug-likeness (QED) is 0.0791. The number of hydrogen-bond donors (Lipinski definition) is 2. The smallest absolute Gasteiger partial charge is 0.339 e. The SMILES string of the molecule is CC(C)C[C@H](C(=O)N(Cc1cc(C2CC2)cc(C(C)(C)C)c1)c1ccc(C(=O)O)c(O)c1)N(Cc1ccc(Cl)cc1)S(=O)(=O)c1c(F)c(F)c(F)c(F)c1F. The highest BCUT2D eigenvalue weighted by Gasteiger charge is 2.44. The van der Waals surface area contributed by atoms with Crippen LogP contribution in [0.1, 0.15) is 92.4 Å². The van der Waals surface area contributed by atoms with Crippen molar-refractivity contribution in [3.8, 4) is 5.75 Å². The number of anilines is 1. The van der Waals surface area contributed by atoms with Gasteiger partial charge in [0.15, 0.2) is 28.2 Å². The summed E-state index contributed by atoms with van der Waals surface area (Å²) in [6.45, 7) is 8.27. The van der Waals surface area contributed by atoms with Crippen LogP contribution in [0.2, 0.25) is 5.02 Å². The summed E-state index contributed by atoms with van der Waals surface area (Å²) in [5, 5.41) is 20.6. The molecule has 1 amide bonds. The lowest BCUT2D eigenvalue weighted by Crippen LogP contribution is -2.51. The van der Waals surface area contributed by atoms with Gasteiger partial charge in [0.25, 0.3) is 0 Å². The van der Waals surface area contributed by atoms with E-state index in [9.17, 15) is 36.6 Å². The van der Waals surface area contributed by atoms with Crippen LogP contribution in [0.5, 0.6) is 5.75 Å². The number of aromatic hydroxyl groups is 1. The Morgan fingerprint density at radius 3 is 1.93 bits per heavy atom. The van der Waals surface area contributed by atoms with Crippen molar-refractivity contribution < 1.29 is 50.2 Å². The van der Waals surface area contributed by atoms with Crippen molar-refractivity contribution in [1.82, 2.24) is 4.31 Å². The average molecular weight is 807 g/mol. The predicted octanol–water partition coefficient (Wildman–Crippen LogP) is 9.45. The molecule has 4 aromatic rings. The second-order valence-electron chi connectivity index (χ2n) is 15.1. The number of halogens is 6. The first kappa shape index (κ1) is 41.6. The van der Waals surface area contributed by atoms with E-state index in [4.69, 9.17) is 11.6 Å². The highest BCUT2D eigenvalue weighted by atomic mass is 35.5. The molecule has 1 fully saturated rings. The van der Waals surface area contributed by atoms with Crippen LogP contribution in [0.3, 0.4) is 0 Å². The first-order valence-corrected chi connectivity index (χ1v) is 19.2. The average Bonchev–Trinajstić information content (AvgIpc) is 3.96. The molecule has 1 aliphatic rings. The molecule has 1 atom stereocenters. The molecule has 55 heavy (non-hydrogen) atoms. The van der Waals surface area contributed by atoms with Gasteiger partial charge < -0.3 is 15.1 Å². The van der Waals surface area contributed by atoms with E-state index >= 15 is 13.6 Å². The number of sulfonamides is 1. The van der Waals surface area contributed by atoms with Crippen LogP contribution < -0.4 is 4.90 Å². The second-order valence-corrected chi connectivity index (χ2v) is 17.4. The van der Waals surface area contributed by atoms with Gasteiger partial charge in [0.1, 0.15) is 17.4 Å². The molecule has 294 valence electrons. The van der Waals surface area contributed by atoms with Gasteiger partial charge in [-0.05, 0) is 83.0 Å². The molecule has 0 spiro atoms. The van der Waals surface area contributed by atoms with Gasteiger partial charge in [-0.2, -0.15) is 4.31 Å². The van der Waals surface area contributed by atoms with Crippen LogP contribution in [0.4, 0.5) is 27.6 Å². The van der Waals surface area contributed by atoms with Crippen LogP contribution in [-0.4, -0.2) is 40.9 Å². The number of aromatic carboxylic acids is 1. The van der Waals surface area contributed by atoms with Crippen molar-refractivity contribution in [2.45, 2.75) is 89.2 Å². The summed E-state index contributed by atoms with van der Waals surface area (Å²) < 4.78 is 103. The van der Waals surface area contributed by atoms with Crippen LogP contribution in [0.15, 0.2) is 65.6 Å². The van der Waals surface area contributed by atoms with Crippen molar-refractivity contribution in [3.63, 3.8) is 0 Å². The number of hydrogen-bond acceptors (Lipinski definition) is 5. The molecule has 0 radical (unpaired) electrons. The molecule has 15 heteroatoms. The molecule has 2 N–H and O–H groups in total. The Balaban J connectivity index is 1.75. The fourth-order valence-electron chi connectivity index (χ4n) is 6.27. The predicted molar refractivity (Wildman–Crippen MR) is 197 cm³/mol. The third-order valence-electron chi connectivity index (χ3n) is 9.38. The first-order valence-electron chi connectivity index (χ1n) is 17.4. The molecule has 0 bridgehead atoms. The van der Waals surface area contributed by atoms with Crippen LogP contribution in [0, 0.1) is 35.0 Å². The minimum atomic E-state index is -5.74.